The van der Waals surface area contributed by atoms with Crippen LogP contribution in [0, 0.1) is 5.82 Å². The van der Waals surface area contributed by atoms with Gasteiger partial charge in [-0.25, -0.2) is 9.37 Å². The SMILES string of the molecule is CCCC(N)Cc1nc2c(F)cccc2[nH]1. The fourth-order valence-electron chi connectivity index (χ4n) is 1.87. The molecule has 0 amide bonds. The first-order valence-electron chi connectivity index (χ1n) is 5.59. The van der Waals surface area contributed by atoms with Crippen LogP contribution in [0.4, 0.5) is 4.39 Å². The predicted molar refractivity (Wildman–Crippen MR) is 62.6 cm³/mol. The smallest absolute Gasteiger partial charge is 0.151 e. The molecule has 0 bridgehead atoms. The number of nitrogens with zero attached hydrogens (tertiary/aromatic N) is 1. The van der Waals surface area contributed by atoms with Gasteiger partial charge in [-0.1, -0.05) is 19.4 Å². The summed E-state index contributed by atoms with van der Waals surface area (Å²) in [5, 5.41) is 0. The second-order valence-corrected chi connectivity index (χ2v) is 4.07. The molecule has 0 spiro atoms. The number of hydrogen-bond donors (Lipinski definition) is 2. The van der Waals surface area contributed by atoms with E-state index in [1.807, 2.05) is 6.07 Å². The van der Waals surface area contributed by atoms with Crippen molar-refractivity contribution in [2.75, 3.05) is 0 Å². The van der Waals surface area contributed by atoms with Crippen molar-refractivity contribution in [3.05, 3.63) is 29.8 Å². The first-order chi connectivity index (χ1) is 7.70. The number of nitrogens with one attached hydrogen (secondary N) is 1. The average molecular weight is 221 g/mol. The number of H-pyrrole nitrogens is 1. The standard InChI is InChI=1S/C12H16FN3/c1-2-4-8(14)7-11-15-10-6-3-5-9(13)12(10)16-11/h3,5-6,8H,2,4,7,14H2,1H3,(H,15,16). The minimum absolute atomic E-state index is 0.0913. The van der Waals surface area contributed by atoms with Crippen LogP contribution >= 0.6 is 0 Å². The van der Waals surface area contributed by atoms with Gasteiger partial charge in [0.25, 0.3) is 0 Å². The molecule has 1 aromatic carbocycles. The molecule has 1 heterocycles. The summed E-state index contributed by atoms with van der Waals surface area (Å²) in [5.41, 5.74) is 7.06. The molecule has 2 rings (SSSR count). The molecule has 3 nitrogen and oxygen atoms in total. The maximum absolute atomic E-state index is 13.4. The average Bonchev–Trinajstić information content (AvgIpc) is 2.62. The third-order valence-electron chi connectivity index (χ3n) is 2.63. The van der Waals surface area contributed by atoms with Gasteiger partial charge in [0.1, 0.15) is 11.3 Å². The molecule has 16 heavy (non-hydrogen) atoms. The van der Waals surface area contributed by atoms with Gasteiger partial charge in [0, 0.05) is 12.5 Å². The summed E-state index contributed by atoms with van der Waals surface area (Å²) in [6, 6.07) is 5.00. The number of nitrogens with two attached hydrogens (primary N) is 1. The Labute approximate surface area is 93.9 Å². The quantitative estimate of drug-likeness (QED) is 0.832. The highest BCUT2D eigenvalue weighted by atomic mass is 19.1. The first kappa shape index (κ1) is 11.1. The fourth-order valence-corrected chi connectivity index (χ4v) is 1.87. The molecule has 1 aromatic heterocycles. The normalized spacial score (nSPS) is 13.2. The van der Waals surface area contributed by atoms with E-state index >= 15 is 0 Å². The van der Waals surface area contributed by atoms with E-state index in [4.69, 9.17) is 5.73 Å². The van der Waals surface area contributed by atoms with Crippen LogP contribution in [0.2, 0.25) is 0 Å². The van der Waals surface area contributed by atoms with Gasteiger partial charge < -0.3 is 10.7 Å². The summed E-state index contributed by atoms with van der Waals surface area (Å²) in [6.45, 7) is 2.10. The Hall–Kier alpha value is -1.42. The van der Waals surface area contributed by atoms with E-state index in [1.54, 1.807) is 6.07 Å². The first-order valence-corrected chi connectivity index (χ1v) is 5.59. The number of imidazole rings is 1. The zero-order valence-electron chi connectivity index (χ0n) is 9.33. The second kappa shape index (κ2) is 4.61. The lowest BCUT2D eigenvalue weighted by Crippen LogP contribution is -2.22. The lowest BCUT2D eigenvalue weighted by molar-refractivity contribution is 0.587. The molecule has 3 N–H and O–H groups in total. The molecule has 0 aliphatic carbocycles. The zero-order chi connectivity index (χ0) is 11.5. The van der Waals surface area contributed by atoms with Crippen molar-refractivity contribution in [3.8, 4) is 0 Å². The Kier molecular flexibility index (Phi) is 3.19. The van der Waals surface area contributed by atoms with E-state index in [1.165, 1.54) is 6.07 Å². The number of aromatic nitrogens is 2. The van der Waals surface area contributed by atoms with Gasteiger partial charge in [-0.2, -0.15) is 0 Å². The van der Waals surface area contributed by atoms with E-state index in [0.717, 1.165) is 24.2 Å². The summed E-state index contributed by atoms with van der Waals surface area (Å²) in [6.07, 6.45) is 2.68. The van der Waals surface area contributed by atoms with Crippen LogP contribution < -0.4 is 5.73 Å². The summed E-state index contributed by atoms with van der Waals surface area (Å²) in [5.74, 6) is 0.477. The highest BCUT2D eigenvalue weighted by Crippen LogP contribution is 2.15. The molecule has 0 saturated heterocycles. The highest BCUT2D eigenvalue weighted by Gasteiger charge is 2.09. The summed E-state index contributed by atoms with van der Waals surface area (Å²) in [7, 11) is 0. The monoisotopic (exact) mass is 221 g/mol. The van der Waals surface area contributed by atoms with Crippen LogP contribution in [-0.4, -0.2) is 16.0 Å². The molecular weight excluding hydrogens is 205 g/mol. The fraction of sp³-hybridized carbons (Fsp3) is 0.417. The molecule has 0 fully saturated rings. The number of benzene rings is 1. The van der Waals surface area contributed by atoms with Gasteiger partial charge in [-0.15, -0.1) is 0 Å². The molecule has 1 unspecified atom stereocenters. The van der Waals surface area contributed by atoms with E-state index in [0.29, 0.717) is 11.9 Å². The van der Waals surface area contributed by atoms with Crippen LogP contribution in [0.3, 0.4) is 0 Å². The molecule has 1 atom stereocenters. The van der Waals surface area contributed by atoms with Crippen molar-refractivity contribution in [3.63, 3.8) is 0 Å². The molecule has 0 aliphatic heterocycles. The van der Waals surface area contributed by atoms with Gasteiger partial charge in [-0.05, 0) is 18.6 Å². The van der Waals surface area contributed by atoms with Crippen molar-refractivity contribution < 1.29 is 4.39 Å². The maximum Gasteiger partial charge on any atom is 0.151 e. The number of rotatable bonds is 4. The van der Waals surface area contributed by atoms with E-state index in [2.05, 4.69) is 16.9 Å². The Balaban J connectivity index is 2.23. The lowest BCUT2D eigenvalue weighted by atomic mass is 10.1. The summed E-state index contributed by atoms with van der Waals surface area (Å²) < 4.78 is 13.4. The van der Waals surface area contributed by atoms with Crippen molar-refractivity contribution >= 4 is 11.0 Å². The Bertz CT molecular complexity index is 478. The second-order valence-electron chi connectivity index (χ2n) is 4.07. The van der Waals surface area contributed by atoms with E-state index < -0.39 is 0 Å². The number of hydrogen-bond acceptors (Lipinski definition) is 2. The number of aromatic amines is 1. The summed E-state index contributed by atoms with van der Waals surface area (Å²) in [4.78, 5) is 7.32. The van der Waals surface area contributed by atoms with Crippen LogP contribution in [0.1, 0.15) is 25.6 Å². The molecular formula is C12H16FN3. The number of fused-ring (bicyclic) bond motifs is 1. The summed E-state index contributed by atoms with van der Waals surface area (Å²) >= 11 is 0. The van der Waals surface area contributed by atoms with Crippen LogP contribution in [0.25, 0.3) is 11.0 Å². The predicted octanol–water partition coefficient (Wildman–Crippen LogP) is 2.37. The zero-order valence-corrected chi connectivity index (χ0v) is 9.33. The third-order valence-corrected chi connectivity index (χ3v) is 2.63. The minimum atomic E-state index is -0.288. The molecule has 0 saturated carbocycles. The maximum atomic E-state index is 13.4. The van der Waals surface area contributed by atoms with Crippen molar-refractivity contribution in [1.82, 2.24) is 9.97 Å². The highest BCUT2D eigenvalue weighted by molar-refractivity contribution is 5.75. The largest absolute Gasteiger partial charge is 0.342 e. The topological polar surface area (TPSA) is 54.7 Å². The van der Waals surface area contributed by atoms with E-state index in [9.17, 15) is 4.39 Å². The number of para-hydroxylation sites is 1. The van der Waals surface area contributed by atoms with Crippen molar-refractivity contribution in [2.45, 2.75) is 32.2 Å². The minimum Gasteiger partial charge on any atom is -0.342 e. The molecule has 4 heteroatoms. The van der Waals surface area contributed by atoms with E-state index in [-0.39, 0.29) is 11.9 Å². The number of halogens is 1. The van der Waals surface area contributed by atoms with Gasteiger partial charge in [0.15, 0.2) is 5.82 Å². The van der Waals surface area contributed by atoms with Gasteiger partial charge in [0.2, 0.25) is 0 Å². The molecule has 0 aliphatic rings. The Morgan fingerprint density at radius 2 is 2.31 bits per heavy atom. The molecule has 0 radical (unpaired) electrons. The van der Waals surface area contributed by atoms with Crippen LogP contribution in [0.5, 0.6) is 0 Å². The Morgan fingerprint density at radius 1 is 1.50 bits per heavy atom. The third kappa shape index (κ3) is 2.22. The van der Waals surface area contributed by atoms with Gasteiger partial charge in [-0.3, -0.25) is 0 Å². The molecule has 2 aromatic rings. The Morgan fingerprint density at radius 3 is 3.00 bits per heavy atom. The lowest BCUT2D eigenvalue weighted by Gasteiger charge is -2.06. The van der Waals surface area contributed by atoms with Gasteiger partial charge in [0.05, 0.1) is 5.52 Å². The van der Waals surface area contributed by atoms with Crippen LogP contribution in [0.15, 0.2) is 18.2 Å². The van der Waals surface area contributed by atoms with Crippen molar-refractivity contribution in [2.24, 2.45) is 5.73 Å². The van der Waals surface area contributed by atoms with Gasteiger partial charge >= 0.3 is 0 Å². The van der Waals surface area contributed by atoms with Crippen LogP contribution in [-0.2, 0) is 6.42 Å². The molecule has 86 valence electrons. The van der Waals surface area contributed by atoms with Crippen molar-refractivity contribution in [1.29, 1.82) is 0 Å².